The summed E-state index contributed by atoms with van der Waals surface area (Å²) in [7, 11) is 1.81. The van der Waals surface area contributed by atoms with Gasteiger partial charge in [-0.05, 0) is 36.4 Å². The summed E-state index contributed by atoms with van der Waals surface area (Å²) in [6.07, 6.45) is 4.32. The zero-order chi connectivity index (χ0) is 18.1. The Labute approximate surface area is 152 Å². The maximum Gasteiger partial charge on any atom is 0.289 e. The Morgan fingerprint density at radius 3 is 2.62 bits per heavy atom. The minimum absolute atomic E-state index is 0.0863. The van der Waals surface area contributed by atoms with E-state index in [2.05, 4.69) is 17.1 Å². The highest BCUT2D eigenvalue weighted by molar-refractivity contribution is 6.08. The van der Waals surface area contributed by atoms with E-state index in [4.69, 9.17) is 4.42 Å². The number of hydrogen-bond donors (Lipinski definition) is 0. The van der Waals surface area contributed by atoms with Crippen molar-refractivity contribution in [3.63, 3.8) is 0 Å². The number of furan rings is 1. The van der Waals surface area contributed by atoms with Crippen LogP contribution in [0.25, 0.3) is 21.7 Å². The van der Waals surface area contributed by atoms with Crippen molar-refractivity contribution in [2.24, 2.45) is 0 Å². The molecular weight excluding hydrogens is 324 g/mol. The highest BCUT2D eigenvalue weighted by atomic mass is 16.3. The molecule has 0 aliphatic rings. The van der Waals surface area contributed by atoms with Crippen LogP contribution >= 0.6 is 0 Å². The SMILES string of the molecule is Cc1c(C(=O)N(C)CCc2ccncc2)oc2c1ccc1ccccc12. The first-order valence-corrected chi connectivity index (χ1v) is 8.70. The number of benzene rings is 2. The first-order chi connectivity index (χ1) is 12.6. The molecule has 4 aromatic rings. The van der Waals surface area contributed by atoms with E-state index in [0.717, 1.165) is 39.3 Å². The second kappa shape index (κ2) is 6.64. The number of likely N-dealkylation sites (N-methyl/N-ethyl adjacent to an activating group) is 1. The van der Waals surface area contributed by atoms with Crippen LogP contribution in [0.1, 0.15) is 21.7 Å². The molecule has 0 radical (unpaired) electrons. The van der Waals surface area contributed by atoms with Crippen molar-refractivity contribution >= 4 is 27.6 Å². The summed E-state index contributed by atoms with van der Waals surface area (Å²) in [6.45, 7) is 2.57. The molecule has 0 spiro atoms. The summed E-state index contributed by atoms with van der Waals surface area (Å²) in [4.78, 5) is 18.6. The Kier molecular flexibility index (Phi) is 4.17. The molecule has 2 aromatic carbocycles. The van der Waals surface area contributed by atoms with Gasteiger partial charge in [-0.15, -0.1) is 0 Å². The number of carbonyl (C=O) groups is 1. The number of aryl methyl sites for hydroxylation is 1. The summed E-state index contributed by atoms with van der Waals surface area (Å²) >= 11 is 0. The number of carbonyl (C=O) groups excluding carboxylic acids is 1. The van der Waals surface area contributed by atoms with Crippen LogP contribution in [0.2, 0.25) is 0 Å². The van der Waals surface area contributed by atoms with Crippen LogP contribution in [-0.2, 0) is 6.42 Å². The van der Waals surface area contributed by atoms with Gasteiger partial charge in [-0.2, -0.15) is 0 Å². The zero-order valence-electron chi connectivity index (χ0n) is 14.9. The molecule has 0 fully saturated rings. The summed E-state index contributed by atoms with van der Waals surface area (Å²) < 4.78 is 6.05. The van der Waals surface area contributed by atoms with Crippen LogP contribution in [0.4, 0.5) is 0 Å². The topological polar surface area (TPSA) is 46.3 Å². The summed E-state index contributed by atoms with van der Waals surface area (Å²) in [5.74, 6) is 0.338. The van der Waals surface area contributed by atoms with E-state index in [1.807, 2.05) is 50.4 Å². The molecule has 4 rings (SSSR count). The lowest BCUT2D eigenvalue weighted by molar-refractivity contribution is 0.0766. The standard InChI is InChI=1S/C22H20N2O2/c1-15-18-8-7-17-5-3-4-6-19(17)21(18)26-20(15)22(25)24(2)14-11-16-9-12-23-13-10-16/h3-10,12-13H,11,14H2,1-2H3. The second-order valence-electron chi connectivity index (χ2n) is 6.55. The van der Waals surface area contributed by atoms with Gasteiger partial charge in [0.05, 0.1) is 0 Å². The first-order valence-electron chi connectivity index (χ1n) is 8.70. The lowest BCUT2D eigenvalue weighted by atomic mass is 10.1. The number of aromatic nitrogens is 1. The van der Waals surface area contributed by atoms with E-state index in [0.29, 0.717) is 12.3 Å². The van der Waals surface area contributed by atoms with E-state index in [1.54, 1.807) is 17.3 Å². The molecule has 0 unspecified atom stereocenters. The van der Waals surface area contributed by atoms with Crippen LogP contribution in [0.3, 0.4) is 0 Å². The molecule has 0 N–H and O–H groups in total. The fourth-order valence-corrected chi connectivity index (χ4v) is 3.27. The van der Waals surface area contributed by atoms with Crippen LogP contribution < -0.4 is 0 Å². The van der Waals surface area contributed by atoms with Gasteiger partial charge >= 0.3 is 0 Å². The lowest BCUT2D eigenvalue weighted by Gasteiger charge is -2.16. The van der Waals surface area contributed by atoms with Gasteiger partial charge in [-0.3, -0.25) is 9.78 Å². The van der Waals surface area contributed by atoms with Crippen LogP contribution in [0.15, 0.2) is 65.3 Å². The molecule has 0 bridgehead atoms. The van der Waals surface area contributed by atoms with Gasteiger partial charge in [0, 0.05) is 42.3 Å². The van der Waals surface area contributed by atoms with Gasteiger partial charge in [-0.25, -0.2) is 0 Å². The Morgan fingerprint density at radius 1 is 1.04 bits per heavy atom. The third kappa shape index (κ3) is 2.84. The molecule has 0 aliphatic carbocycles. The van der Waals surface area contributed by atoms with Crippen molar-refractivity contribution in [2.45, 2.75) is 13.3 Å². The van der Waals surface area contributed by atoms with Gasteiger partial charge in [-0.1, -0.05) is 36.4 Å². The summed E-state index contributed by atoms with van der Waals surface area (Å²) in [5.41, 5.74) is 2.84. The van der Waals surface area contributed by atoms with E-state index in [1.165, 1.54) is 0 Å². The molecule has 2 aromatic heterocycles. The van der Waals surface area contributed by atoms with Crippen molar-refractivity contribution in [2.75, 3.05) is 13.6 Å². The molecule has 0 saturated carbocycles. The Hall–Kier alpha value is -3.14. The molecule has 4 nitrogen and oxygen atoms in total. The number of hydrogen-bond acceptors (Lipinski definition) is 3. The fourth-order valence-electron chi connectivity index (χ4n) is 3.27. The summed E-state index contributed by atoms with van der Waals surface area (Å²) in [5, 5.41) is 3.14. The fraction of sp³-hybridized carbons (Fsp3) is 0.182. The Bertz CT molecular complexity index is 1080. The molecule has 130 valence electrons. The normalized spacial score (nSPS) is 11.2. The van der Waals surface area contributed by atoms with E-state index >= 15 is 0 Å². The number of fused-ring (bicyclic) bond motifs is 3. The highest BCUT2D eigenvalue weighted by Gasteiger charge is 2.21. The maximum absolute atomic E-state index is 12.9. The minimum atomic E-state index is -0.0863. The van der Waals surface area contributed by atoms with Crippen molar-refractivity contribution in [1.82, 2.24) is 9.88 Å². The third-order valence-electron chi connectivity index (χ3n) is 4.85. The molecule has 0 saturated heterocycles. The molecule has 2 heterocycles. The van der Waals surface area contributed by atoms with Gasteiger partial charge in [0.2, 0.25) is 0 Å². The highest BCUT2D eigenvalue weighted by Crippen LogP contribution is 2.32. The Morgan fingerprint density at radius 2 is 1.81 bits per heavy atom. The number of pyridine rings is 1. The quantitative estimate of drug-likeness (QED) is 0.543. The smallest absolute Gasteiger partial charge is 0.289 e. The molecule has 0 atom stereocenters. The van der Waals surface area contributed by atoms with Crippen LogP contribution in [-0.4, -0.2) is 29.4 Å². The third-order valence-corrected chi connectivity index (χ3v) is 4.85. The molecule has 26 heavy (non-hydrogen) atoms. The van der Waals surface area contributed by atoms with Crippen molar-refractivity contribution < 1.29 is 9.21 Å². The van der Waals surface area contributed by atoms with E-state index in [-0.39, 0.29) is 5.91 Å². The maximum atomic E-state index is 12.9. The summed E-state index contributed by atoms with van der Waals surface area (Å²) in [6, 6.07) is 16.1. The van der Waals surface area contributed by atoms with Crippen molar-refractivity contribution in [1.29, 1.82) is 0 Å². The van der Waals surface area contributed by atoms with Gasteiger partial charge in [0.15, 0.2) is 5.76 Å². The number of rotatable bonds is 4. The molecule has 4 heteroatoms. The molecular formula is C22H20N2O2. The predicted molar refractivity (Wildman–Crippen MR) is 103 cm³/mol. The molecule has 0 aliphatic heterocycles. The number of amides is 1. The average molecular weight is 344 g/mol. The monoisotopic (exact) mass is 344 g/mol. The van der Waals surface area contributed by atoms with Gasteiger partial charge in [0.25, 0.3) is 5.91 Å². The largest absolute Gasteiger partial charge is 0.450 e. The van der Waals surface area contributed by atoms with E-state index < -0.39 is 0 Å². The predicted octanol–water partition coefficient (Wildman–Crippen LogP) is 4.60. The minimum Gasteiger partial charge on any atom is -0.450 e. The van der Waals surface area contributed by atoms with Crippen LogP contribution in [0.5, 0.6) is 0 Å². The van der Waals surface area contributed by atoms with E-state index in [9.17, 15) is 4.79 Å². The van der Waals surface area contributed by atoms with Crippen molar-refractivity contribution in [3.05, 3.63) is 77.8 Å². The average Bonchev–Trinajstić information content (AvgIpc) is 3.03. The number of nitrogens with zero attached hydrogens (tertiary/aromatic N) is 2. The van der Waals surface area contributed by atoms with Crippen molar-refractivity contribution in [3.8, 4) is 0 Å². The van der Waals surface area contributed by atoms with Gasteiger partial charge in [0.1, 0.15) is 5.58 Å². The first kappa shape index (κ1) is 16.3. The molecule has 1 amide bonds. The second-order valence-corrected chi connectivity index (χ2v) is 6.55. The van der Waals surface area contributed by atoms with Gasteiger partial charge < -0.3 is 9.32 Å². The van der Waals surface area contributed by atoms with Crippen LogP contribution in [0, 0.1) is 6.92 Å². The lowest BCUT2D eigenvalue weighted by Crippen LogP contribution is -2.29. The zero-order valence-corrected chi connectivity index (χ0v) is 14.9. The Balaban J connectivity index is 1.64.